The van der Waals surface area contributed by atoms with Crippen molar-refractivity contribution in [3.63, 3.8) is 0 Å². The topological polar surface area (TPSA) is 73.9 Å². The fourth-order valence-electron chi connectivity index (χ4n) is 2.46. The van der Waals surface area contributed by atoms with E-state index < -0.39 is 11.8 Å². The van der Waals surface area contributed by atoms with E-state index in [1.54, 1.807) is 55.6 Å². The molecule has 4 nitrogen and oxygen atoms in total. The summed E-state index contributed by atoms with van der Waals surface area (Å²) < 4.78 is 5.19. The average Bonchev–Trinajstić information content (AvgIpc) is 2.62. The summed E-state index contributed by atoms with van der Waals surface area (Å²) in [5, 5.41) is 19.1. The second kappa shape index (κ2) is 8.15. The average molecular weight is 339 g/mol. The predicted octanol–water partition coefficient (Wildman–Crippen LogP) is 4.37. The number of hydrogen-bond acceptors (Lipinski definition) is 4. The highest BCUT2D eigenvalue weighted by molar-refractivity contribution is 6.30. The van der Waals surface area contributed by atoms with Crippen molar-refractivity contribution in [2.45, 2.75) is 12.3 Å². The van der Waals surface area contributed by atoms with Crippen LogP contribution in [0.1, 0.15) is 28.3 Å². The lowest BCUT2D eigenvalue weighted by Crippen LogP contribution is -2.15. The van der Waals surface area contributed by atoms with Gasteiger partial charge < -0.3 is 4.74 Å². The second-order valence-electron chi connectivity index (χ2n) is 5.25. The molecule has 2 rings (SSSR count). The Hall–Kier alpha value is -2.82. The molecule has 0 radical (unpaired) electrons. The molecule has 0 bridgehead atoms. The molecule has 1 atom stereocenters. The number of carbonyl (C=O) groups excluding carboxylic acids is 1. The minimum absolute atomic E-state index is 0.0561. The maximum Gasteiger partial charge on any atom is 0.163 e. The molecule has 0 aliphatic carbocycles. The van der Waals surface area contributed by atoms with Gasteiger partial charge in [-0.2, -0.15) is 10.5 Å². The summed E-state index contributed by atoms with van der Waals surface area (Å²) in [7, 11) is 1.54. The first-order chi connectivity index (χ1) is 11.6. The van der Waals surface area contributed by atoms with E-state index in [4.69, 9.17) is 16.3 Å². The lowest BCUT2D eigenvalue weighted by molar-refractivity contribution is 0.0970. The molecule has 1 unspecified atom stereocenters. The molecule has 0 aliphatic heterocycles. The fraction of sp³-hybridized carbons (Fsp3) is 0.211. The smallest absolute Gasteiger partial charge is 0.163 e. The van der Waals surface area contributed by atoms with Gasteiger partial charge in [0.2, 0.25) is 0 Å². The number of carbonyl (C=O) groups is 1. The summed E-state index contributed by atoms with van der Waals surface area (Å²) in [6, 6.07) is 17.6. The first kappa shape index (κ1) is 17.5. The maximum atomic E-state index is 12.5. The monoisotopic (exact) mass is 338 g/mol. The third-order valence-electron chi connectivity index (χ3n) is 3.77. The molecule has 120 valence electrons. The number of nitriles is 2. The Morgan fingerprint density at radius 3 is 2.42 bits per heavy atom. The maximum absolute atomic E-state index is 12.5. The van der Waals surface area contributed by atoms with Gasteiger partial charge in [-0.15, -0.1) is 0 Å². The number of ketones is 1. The molecule has 0 saturated heterocycles. The van der Waals surface area contributed by atoms with Gasteiger partial charge in [0.15, 0.2) is 5.78 Å². The zero-order valence-electron chi connectivity index (χ0n) is 13.1. The van der Waals surface area contributed by atoms with Crippen LogP contribution in [0.5, 0.6) is 5.75 Å². The predicted molar refractivity (Wildman–Crippen MR) is 90.9 cm³/mol. The van der Waals surface area contributed by atoms with Crippen molar-refractivity contribution in [2.24, 2.45) is 5.92 Å². The number of benzene rings is 2. The van der Waals surface area contributed by atoms with Crippen LogP contribution >= 0.6 is 11.6 Å². The molecule has 0 saturated carbocycles. The van der Waals surface area contributed by atoms with E-state index in [2.05, 4.69) is 0 Å². The highest BCUT2D eigenvalue weighted by atomic mass is 35.5. The van der Waals surface area contributed by atoms with Crippen molar-refractivity contribution in [1.82, 2.24) is 0 Å². The SMILES string of the molecule is COc1cccc(C(CC(=O)c2ccc(Cl)cc2)C(C#N)C#N)c1. The number of nitrogens with zero attached hydrogens (tertiary/aromatic N) is 2. The first-order valence-electron chi connectivity index (χ1n) is 7.31. The Kier molecular flexibility index (Phi) is 5.95. The standard InChI is InChI=1S/C19H15ClN2O2/c1-24-17-4-2-3-14(9-17)18(15(11-21)12-22)10-19(23)13-5-7-16(20)8-6-13/h2-9,15,18H,10H2,1H3. The van der Waals surface area contributed by atoms with Crippen LogP contribution < -0.4 is 4.74 Å². The minimum atomic E-state index is -0.923. The Morgan fingerprint density at radius 2 is 1.83 bits per heavy atom. The quantitative estimate of drug-likeness (QED) is 0.733. The molecular weight excluding hydrogens is 324 g/mol. The van der Waals surface area contributed by atoms with Crippen LogP contribution in [0.15, 0.2) is 48.5 Å². The van der Waals surface area contributed by atoms with Gasteiger partial charge in [0.1, 0.15) is 11.7 Å². The number of ether oxygens (including phenoxy) is 1. The summed E-state index contributed by atoms with van der Waals surface area (Å²) in [4.78, 5) is 12.5. The molecule has 0 aromatic heterocycles. The molecule has 2 aromatic carbocycles. The van der Waals surface area contributed by atoms with Crippen LogP contribution in [0.2, 0.25) is 5.02 Å². The van der Waals surface area contributed by atoms with E-state index in [1.165, 1.54) is 0 Å². The number of rotatable bonds is 6. The van der Waals surface area contributed by atoms with E-state index in [0.29, 0.717) is 16.3 Å². The molecule has 24 heavy (non-hydrogen) atoms. The zero-order valence-corrected chi connectivity index (χ0v) is 13.8. The van der Waals surface area contributed by atoms with Crippen molar-refractivity contribution < 1.29 is 9.53 Å². The summed E-state index contributed by atoms with van der Waals surface area (Å²) in [5.74, 6) is -0.979. The van der Waals surface area contributed by atoms with Gasteiger partial charge in [-0.25, -0.2) is 0 Å². The van der Waals surface area contributed by atoms with Gasteiger partial charge in [-0.05, 0) is 42.0 Å². The van der Waals surface area contributed by atoms with E-state index in [9.17, 15) is 15.3 Å². The van der Waals surface area contributed by atoms with E-state index in [1.807, 2.05) is 12.1 Å². The van der Waals surface area contributed by atoms with Gasteiger partial charge >= 0.3 is 0 Å². The van der Waals surface area contributed by atoms with E-state index in [0.717, 1.165) is 5.56 Å². The third-order valence-corrected chi connectivity index (χ3v) is 4.03. The highest BCUT2D eigenvalue weighted by Crippen LogP contribution is 2.31. The largest absolute Gasteiger partial charge is 0.497 e. The fourth-order valence-corrected chi connectivity index (χ4v) is 2.59. The summed E-state index contributed by atoms with van der Waals surface area (Å²) in [6.45, 7) is 0. The molecule has 0 amide bonds. The highest BCUT2D eigenvalue weighted by Gasteiger charge is 2.26. The van der Waals surface area contributed by atoms with Crippen LogP contribution in [-0.2, 0) is 0 Å². The lowest BCUT2D eigenvalue weighted by atomic mass is 9.82. The molecule has 5 heteroatoms. The lowest BCUT2D eigenvalue weighted by Gasteiger charge is -2.18. The summed E-state index contributed by atoms with van der Waals surface area (Å²) in [5.41, 5.74) is 1.23. The Morgan fingerprint density at radius 1 is 1.17 bits per heavy atom. The van der Waals surface area contributed by atoms with Crippen molar-refractivity contribution in [3.05, 3.63) is 64.7 Å². The van der Waals surface area contributed by atoms with Gasteiger partial charge in [0.25, 0.3) is 0 Å². The normalized spacial score (nSPS) is 11.4. The second-order valence-corrected chi connectivity index (χ2v) is 5.69. The van der Waals surface area contributed by atoms with Crippen LogP contribution in [0.4, 0.5) is 0 Å². The van der Waals surface area contributed by atoms with Crippen LogP contribution in [0, 0.1) is 28.6 Å². The van der Waals surface area contributed by atoms with Crippen molar-refractivity contribution in [3.8, 4) is 17.9 Å². The van der Waals surface area contributed by atoms with E-state index in [-0.39, 0.29) is 12.2 Å². The van der Waals surface area contributed by atoms with Crippen molar-refractivity contribution in [2.75, 3.05) is 7.11 Å². The molecule has 0 heterocycles. The molecule has 0 aliphatic rings. The minimum Gasteiger partial charge on any atom is -0.497 e. The van der Waals surface area contributed by atoms with Crippen LogP contribution in [0.3, 0.4) is 0 Å². The van der Waals surface area contributed by atoms with Crippen LogP contribution in [-0.4, -0.2) is 12.9 Å². The molecular formula is C19H15ClN2O2. The van der Waals surface area contributed by atoms with Gasteiger partial charge in [0.05, 0.1) is 19.2 Å². The Bertz CT molecular complexity index is 789. The molecule has 0 N–H and O–H groups in total. The Labute approximate surface area is 145 Å². The van der Waals surface area contributed by atoms with E-state index >= 15 is 0 Å². The summed E-state index contributed by atoms with van der Waals surface area (Å²) >= 11 is 5.84. The number of halogens is 1. The Balaban J connectivity index is 2.33. The number of methoxy groups -OCH3 is 1. The zero-order chi connectivity index (χ0) is 17.5. The van der Waals surface area contributed by atoms with Crippen LogP contribution in [0.25, 0.3) is 0 Å². The summed E-state index contributed by atoms with van der Waals surface area (Å²) in [6.07, 6.45) is 0.0561. The van der Waals surface area contributed by atoms with Gasteiger partial charge in [-0.3, -0.25) is 4.79 Å². The van der Waals surface area contributed by atoms with Gasteiger partial charge in [-0.1, -0.05) is 23.7 Å². The number of hydrogen-bond donors (Lipinski definition) is 0. The number of Topliss-reactive ketones (excluding diaryl/α,β-unsaturated/α-hetero) is 1. The molecule has 0 fully saturated rings. The van der Waals surface area contributed by atoms with Gasteiger partial charge in [0, 0.05) is 22.9 Å². The van der Waals surface area contributed by atoms with Crippen molar-refractivity contribution in [1.29, 1.82) is 10.5 Å². The molecule has 2 aromatic rings. The van der Waals surface area contributed by atoms with Crippen molar-refractivity contribution >= 4 is 17.4 Å². The third kappa shape index (κ3) is 4.13. The molecule has 0 spiro atoms. The first-order valence-corrected chi connectivity index (χ1v) is 7.68.